The average molecular weight is 472 g/mol. The van der Waals surface area contributed by atoms with Crippen LogP contribution in [0, 0.1) is 0 Å². The average Bonchev–Trinajstić information content (AvgIpc) is 2.79. The van der Waals surface area contributed by atoms with Crippen LogP contribution in [0.15, 0.2) is 41.3 Å². The van der Waals surface area contributed by atoms with Crippen molar-refractivity contribution >= 4 is 17.9 Å². The minimum atomic E-state index is -4.38. The molecule has 1 fully saturated rings. The molecule has 7 nitrogen and oxygen atoms in total. The third kappa shape index (κ3) is 5.59. The lowest BCUT2D eigenvalue weighted by Gasteiger charge is -2.31. The highest BCUT2D eigenvalue weighted by Gasteiger charge is 2.30. The normalized spacial score (nSPS) is 15.3. The molecule has 2 N–H and O–H groups in total. The summed E-state index contributed by atoms with van der Waals surface area (Å²) in [5.74, 6) is 0.248. The van der Waals surface area contributed by atoms with Crippen molar-refractivity contribution in [3.63, 3.8) is 0 Å². The quantitative estimate of drug-likeness (QED) is 0.351. The fourth-order valence-electron chi connectivity index (χ4n) is 3.35. The Kier molecular flexibility index (Phi) is 7.75. The third-order valence-corrected chi connectivity index (χ3v) is 6.11. The summed E-state index contributed by atoms with van der Waals surface area (Å²) < 4.78 is 56.5. The summed E-state index contributed by atoms with van der Waals surface area (Å²) in [5.41, 5.74) is 1.08. The van der Waals surface area contributed by atoms with Crippen molar-refractivity contribution in [2.75, 3.05) is 27.3 Å². The molecule has 2 aromatic carbocycles. The van der Waals surface area contributed by atoms with E-state index >= 15 is 0 Å². The number of nitrogens with zero attached hydrogens (tertiary/aromatic N) is 1. The van der Waals surface area contributed by atoms with E-state index in [1.165, 1.54) is 38.3 Å². The maximum atomic E-state index is 12.7. The summed E-state index contributed by atoms with van der Waals surface area (Å²) in [6.45, 7) is 1.26. The SMILES string of the molecule is COc1ccc(SN2CCC(Oc3ccc(C(F)(F)F)cc3)CC2)c(C(=O)NO)c1OC. The van der Waals surface area contributed by atoms with Crippen LogP contribution in [-0.4, -0.2) is 48.8 Å². The van der Waals surface area contributed by atoms with E-state index in [4.69, 9.17) is 19.4 Å². The van der Waals surface area contributed by atoms with Gasteiger partial charge in [-0.3, -0.25) is 10.0 Å². The molecule has 2 aromatic rings. The first-order chi connectivity index (χ1) is 15.3. The van der Waals surface area contributed by atoms with Crippen LogP contribution in [0.5, 0.6) is 17.2 Å². The molecule has 0 aromatic heterocycles. The number of rotatable bonds is 7. The number of amides is 1. The number of ether oxygens (including phenoxy) is 3. The molecule has 0 atom stereocenters. The molecule has 1 saturated heterocycles. The second-order valence-corrected chi connectivity index (χ2v) is 8.11. The van der Waals surface area contributed by atoms with Gasteiger partial charge in [-0.15, -0.1) is 0 Å². The smallest absolute Gasteiger partial charge is 0.416 e. The second kappa shape index (κ2) is 10.3. The van der Waals surface area contributed by atoms with E-state index in [0.717, 1.165) is 12.1 Å². The maximum Gasteiger partial charge on any atom is 0.416 e. The fourth-order valence-corrected chi connectivity index (χ4v) is 4.43. The van der Waals surface area contributed by atoms with E-state index in [1.807, 2.05) is 4.31 Å². The van der Waals surface area contributed by atoms with Gasteiger partial charge < -0.3 is 14.2 Å². The Labute approximate surface area is 187 Å². The van der Waals surface area contributed by atoms with Gasteiger partial charge in [0.2, 0.25) is 0 Å². The van der Waals surface area contributed by atoms with Gasteiger partial charge in [0, 0.05) is 18.0 Å². The number of hydrogen-bond donors (Lipinski definition) is 2. The van der Waals surface area contributed by atoms with E-state index in [0.29, 0.717) is 42.3 Å². The van der Waals surface area contributed by atoms with E-state index in [2.05, 4.69) is 0 Å². The van der Waals surface area contributed by atoms with E-state index in [1.54, 1.807) is 17.6 Å². The molecule has 174 valence electrons. The molecule has 11 heteroatoms. The first-order valence-corrected chi connectivity index (χ1v) is 10.5. The van der Waals surface area contributed by atoms with Gasteiger partial charge in [0.05, 0.1) is 19.8 Å². The van der Waals surface area contributed by atoms with Crippen LogP contribution in [0.25, 0.3) is 0 Å². The zero-order valence-electron chi connectivity index (χ0n) is 17.4. The van der Waals surface area contributed by atoms with Crippen molar-refractivity contribution in [3.8, 4) is 17.2 Å². The molecule has 1 heterocycles. The van der Waals surface area contributed by atoms with Crippen molar-refractivity contribution in [2.45, 2.75) is 30.0 Å². The zero-order chi connectivity index (χ0) is 23.3. The van der Waals surface area contributed by atoms with Gasteiger partial charge in [-0.05, 0) is 61.2 Å². The summed E-state index contributed by atoms with van der Waals surface area (Å²) in [6, 6.07) is 8.05. The topological polar surface area (TPSA) is 80.3 Å². The summed E-state index contributed by atoms with van der Waals surface area (Å²) in [4.78, 5) is 12.8. The Morgan fingerprint density at radius 3 is 2.28 bits per heavy atom. The second-order valence-electron chi connectivity index (χ2n) is 6.97. The highest BCUT2D eigenvalue weighted by Crippen LogP contribution is 2.39. The number of carbonyl (C=O) groups excluding carboxylic acids is 1. The number of hydroxylamine groups is 1. The third-order valence-electron chi connectivity index (χ3n) is 4.95. The Bertz CT molecular complexity index is 932. The van der Waals surface area contributed by atoms with Crippen LogP contribution < -0.4 is 19.7 Å². The predicted octanol–water partition coefficient (Wildman–Crippen LogP) is 4.39. The summed E-state index contributed by atoms with van der Waals surface area (Å²) in [6.07, 6.45) is -3.20. The number of piperidine rings is 1. The van der Waals surface area contributed by atoms with Crippen LogP contribution in [0.1, 0.15) is 28.8 Å². The van der Waals surface area contributed by atoms with Gasteiger partial charge in [-0.2, -0.15) is 13.2 Å². The van der Waals surface area contributed by atoms with Crippen molar-refractivity contribution in [3.05, 3.63) is 47.5 Å². The summed E-state index contributed by atoms with van der Waals surface area (Å²) >= 11 is 1.34. The van der Waals surface area contributed by atoms with Gasteiger partial charge in [-0.1, -0.05) is 0 Å². The Morgan fingerprint density at radius 2 is 1.75 bits per heavy atom. The molecule has 3 rings (SSSR count). The highest BCUT2D eigenvalue weighted by molar-refractivity contribution is 7.97. The largest absolute Gasteiger partial charge is 0.493 e. The minimum absolute atomic E-state index is 0.130. The Hall–Kier alpha value is -2.63. The minimum Gasteiger partial charge on any atom is -0.493 e. The molecule has 1 amide bonds. The van der Waals surface area contributed by atoms with Crippen molar-refractivity contribution in [1.29, 1.82) is 0 Å². The zero-order valence-corrected chi connectivity index (χ0v) is 18.3. The van der Waals surface area contributed by atoms with Crippen molar-refractivity contribution < 1.29 is 37.4 Å². The molecule has 32 heavy (non-hydrogen) atoms. The molecular formula is C21H23F3N2O5S. The first-order valence-electron chi connectivity index (χ1n) is 9.73. The predicted molar refractivity (Wildman–Crippen MR) is 111 cm³/mol. The standard InChI is InChI=1S/C21H23F3N2O5S/c1-29-16-7-8-17(18(19(16)30-2)20(27)25-28)32-26-11-9-15(10-12-26)31-14-5-3-13(4-6-14)21(22,23)24/h3-8,15,28H,9-12H2,1-2H3,(H,25,27). The lowest BCUT2D eigenvalue weighted by atomic mass is 10.1. The number of carbonyl (C=O) groups is 1. The number of nitrogens with one attached hydrogen (secondary N) is 1. The number of methoxy groups -OCH3 is 2. The molecule has 1 aliphatic heterocycles. The summed E-state index contributed by atoms with van der Waals surface area (Å²) in [7, 11) is 2.86. The fraction of sp³-hybridized carbons (Fsp3) is 0.381. The van der Waals surface area contributed by atoms with Crippen LogP contribution in [0.4, 0.5) is 13.2 Å². The van der Waals surface area contributed by atoms with E-state index in [-0.39, 0.29) is 17.4 Å². The number of hydrogen-bond acceptors (Lipinski definition) is 7. The Morgan fingerprint density at radius 1 is 1.09 bits per heavy atom. The molecule has 0 bridgehead atoms. The van der Waals surface area contributed by atoms with Gasteiger partial charge in [0.1, 0.15) is 17.4 Å². The van der Waals surface area contributed by atoms with E-state index in [9.17, 15) is 18.0 Å². The highest BCUT2D eigenvalue weighted by atomic mass is 32.2. The Balaban J connectivity index is 1.63. The molecule has 0 radical (unpaired) electrons. The van der Waals surface area contributed by atoms with Crippen molar-refractivity contribution in [2.24, 2.45) is 0 Å². The van der Waals surface area contributed by atoms with Gasteiger partial charge in [0.25, 0.3) is 5.91 Å². The number of halogens is 3. The monoisotopic (exact) mass is 472 g/mol. The van der Waals surface area contributed by atoms with Gasteiger partial charge in [-0.25, -0.2) is 9.79 Å². The lowest BCUT2D eigenvalue weighted by molar-refractivity contribution is -0.137. The van der Waals surface area contributed by atoms with Crippen molar-refractivity contribution in [1.82, 2.24) is 9.79 Å². The molecule has 0 aliphatic carbocycles. The van der Waals surface area contributed by atoms with Crippen LogP contribution >= 0.6 is 11.9 Å². The van der Waals surface area contributed by atoms with Gasteiger partial charge in [0.15, 0.2) is 11.5 Å². The molecule has 0 spiro atoms. The van der Waals surface area contributed by atoms with Gasteiger partial charge >= 0.3 is 6.18 Å². The lowest BCUT2D eigenvalue weighted by Crippen LogP contribution is -2.34. The number of benzene rings is 2. The molecule has 0 saturated carbocycles. The molecule has 1 aliphatic rings. The maximum absolute atomic E-state index is 12.7. The summed E-state index contributed by atoms with van der Waals surface area (Å²) in [5, 5.41) is 9.14. The molecular weight excluding hydrogens is 449 g/mol. The first kappa shape index (κ1) is 24.0. The molecule has 0 unspecified atom stereocenters. The van der Waals surface area contributed by atoms with E-state index < -0.39 is 17.6 Å². The van der Waals surface area contributed by atoms with Crippen LogP contribution in [-0.2, 0) is 6.18 Å². The van der Waals surface area contributed by atoms with Crippen LogP contribution in [0.2, 0.25) is 0 Å². The van der Waals surface area contributed by atoms with Crippen LogP contribution in [0.3, 0.4) is 0 Å². The number of alkyl halides is 3.